The lowest BCUT2D eigenvalue weighted by atomic mass is 10.2. The SMILES string of the molecule is COCCOCCCCn1ccnc1NC1CCCC1. The molecular formula is C15H27N3O2. The summed E-state index contributed by atoms with van der Waals surface area (Å²) in [4.78, 5) is 4.42. The highest BCUT2D eigenvalue weighted by Crippen LogP contribution is 2.21. The van der Waals surface area contributed by atoms with Crippen molar-refractivity contribution in [2.24, 2.45) is 0 Å². The van der Waals surface area contributed by atoms with E-state index in [1.54, 1.807) is 7.11 Å². The first-order valence-corrected chi connectivity index (χ1v) is 7.74. The Kier molecular flexibility index (Phi) is 6.88. The standard InChI is InChI=1S/C15H27N3O2/c1-19-12-13-20-11-5-4-9-18-10-8-16-15(18)17-14-6-2-3-7-14/h8,10,14H,2-7,9,11-13H2,1H3,(H,16,17). The normalized spacial score (nSPS) is 15.8. The molecule has 5 nitrogen and oxygen atoms in total. The average molecular weight is 281 g/mol. The molecule has 0 aliphatic heterocycles. The van der Waals surface area contributed by atoms with Crippen molar-refractivity contribution in [2.45, 2.75) is 51.1 Å². The Morgan fingerprint density at radius 3 is 2.90 bits per heavy atom. The number of hydrogen-bond acceptors (Lipinski definition) is 4. The van der Waals surface area contributed by atoms with Gasteiger partial charge in [0.2, 0.25) is 5.95 Å². The lowest BCUT2D eigenvalue weighted by Gasteiger charge is -2.14. The fourth-order valence-electron chi connectivity index (χ4n) is 2.61. The lowest BCUT2D eigenvalue weighted by Crippen LogP contribution is -2.18. The Morgan fingerprint density at radius 1 is 1.25 bits per heavy atom. The molecule has 1 aliphatic carbocycles. The van der Waals surface area contributed by atoms with Crippen LogP contribution >= 0.6 is 0 Å². The predicted octanol–water partition coefficient (Wildman–Crippen LogP) is 2.68. The van der Waals surface area contributed by atoms with Gasteiger partial charge < -0.3 is 19.4 Å². The Balaban J connectivity index is 1.61. The first kappa shape index (κ1) is 15.3. The highest BCUT2D eigenvalue weighted by atomic mass is 16.5. The van der Waals surface area contributed by atoms with Crippen LogP contribution in [0, 0.1) is 0 Å². The molecule has 0 saturated heterocycles. The molecule has 1 aromatic heterocycles. The number of aromatic nitrogens is 2. The number of rotatable bonds is 10. The van der Waals surface area contributed by atoms with Crippen LogP contribution in [0.25, 0.3) is 0 Å². The Morgan fingerprint density at radius 2 is 2.10 bits per heavy atom. The van der Waals surface area contributed by atoms with E-state index in [4.69, 9.17) is 9.47 Å². The molecule has 0 bridgehead atoms. The highest BCUT2D eigenvalue weighted by molar-refractivity contribution is 5.27. The minimum absolute atomic E-state index is 0.619. The largest absolute Gasteiger partial charge is 0.382 e. The van der Waals surface area contributed by atoms with E-state index in [-0.39, 0.29) is 0 Å². The molecule has 1 saturated carbocycles. The molecule has 1 heterocycles. The maximum Gasteiger partial charge on any atom is 0.202 e. The number of anilines is 1. The molecule has 20 heavy (non-hydrogen) atoms. The van der Waals surface area contributed by atoms with Crippen molar-refractivity contribution in [2.75, 3.05) is 32.2 Å². The van der Waals surface area contributed by atoms with Crippen molar-refractivity contribution in [1.29, 1.82) is 0 Å². The van der Waals surface area contributed by atoms with Crippen molar-refractivity contribution >= 4 is 5.95 Å². The van der Waals surface area contributed by atoms with E-state index in [1.807, 2.05) is 6.20 Å². The van der Waals surface area contributed by atoms with Crippen LogP contribution in [-0.4, -0.2) is 42.5 Å². The molecule has 0 spiro atoms. The molecule has 2 rings (SSSR count). The van der Waals surface area contributed by atoms with Crippen molar-refractivity contribution in [3.8, 4) is 0 Å². The van der Waals surface area contributed by atoms with Gasteiger partial charge in [0.15, 0.2) is 0 Å². The van der Waals surface area contributed by atoms with Crippen molar-refractivity contribution in [3.63, 3.8) is 0 Å². The van der Waals surface area contributed by atoms with Crippen molar-refractivity contribution in [3.05, 3.63) is 12.4 Å². The summed E-state index contributed by atoms with van der Waals surface area (Å²) in [5.41, 5.74) is 0. The molecular weight excluding hydrogens is 254 g/mol. The van der Waals surface area contributed by atoms with Gasteiger partial charge in [0, 0.05) is 38.7 Å². The van der Waals surface area contributed by atoms with Crippen molar-refractivity contribution in [1.82, 2.24) is 9.55 Å². The van der Waals surface area contributed by atoms with Crippen LogP contribution < -0.4 is 5.32 Å². The third-order valence-corrected chi connectivity index (χ3v) is 3.77. The summed E-state index contributed by atoms with van der Waals surface area (Å²) in [5.74, 6) is 1.03. The second-order valence-corrected chi connectivity index (χ2v) is 5.38. The number of nitrogens with one attached hydrogen (secondary N) is 1. The molecule has 114 valence electrons. The summed E-state index contributed by atoms with van der Waals surface area (Å²) >= 11 is 0. The Bertz CT molecular complexity index is 362. The number of ether oxygens (including phenoxy) is 2. The minimum atomic E-state index is 0.619. The van der Waals surface area contributed by atoms with Gasteiger partial charge in [-0.1, -0.05) is 12.8 Å². The molecule has 0 radical (unpaired) electrons. The molecule has 1 N–H and O–H groups in total. The summed E-state index contributed by atoms with van der Waals surface area (Å²) in [5, 5.41) is 3.56. The monoisotopic (exact) mass is 281 g/mol. The molecule has 0 amide bonds. The number of imidazole rings is 1. The second-order valence-electron chi connectivity index (χ2n) is 5.38. The summed E-state index contributed by atoms with van der Waals surface area (Å²) in [6.45, 7) is 3.18. The second kappa shape index (κ2) is 8.97. The van der Waals surface area contributed by atoms with Gasteiger partial charge in [-0.15, -0.1) is 0 Å². The van der Waals surface area contributed by atoms with Crippen LogP contribution in [0.3, 0.4) is 0 Å². The highest BCUT2D eigenvalue weighted by Gasteiger charge is 2.16. The van der Waals surface area contributed by atoms with E-state index < -0.39 is 0 Å². The fraction of sp³-hybridized carbons (Fsp3) is 0.800. The van der Waals surface area contributed by atoms with E-state index in [0.717, 1.165) is 31.9 Å². The molecule has 1 aromatic rings. The zero-order chi connectivity index (χ0) is 14.0. The third kappa shape index (κ3) is 5.13. The number of hydrogen-bond donors (Lipinski definition) is 1. The van der Waals surface area contributed by atoms with Crippen LogP contribution in [0.2, 0.25) is 0 Å². The van der Waals surface area contributed by atoms with E-state index in [1.165, 1.54) is 25.7 Å². The summed E-state index contributed by atoms with van der Waals surface area (Å²) in [7, 11) is 1.70. The number of aryl methyl sites for hydroxylation is 1. The number of unbranched alkanes of at least 4 members (excludes halogenated alkanes) is 1. The molecule has 0 unspecified atom stereocenters. The van der Waals surface area contributed by atoms with Gasteiger partial charge in [-0.3, -0.25) is 0 Å². The molecule has 0 atom stereocenters. The average Bonchev–Trinajstić information content (AvgIpc) is 3.11. The first-order valence-electron chi connectivity index (χ1n) is 7.74. The van der Waals surface area contributed by atoms with E-state index in [9.17, 15) is 0 Å². The molecule has 1 aliphatic rings. The third-order valence-electron chi connectivity index (χ3n) is 3.77. The molecule has 5 heteroatoms. The van der Waals surface area contributed by atoms with E-state index >= 15 is 0 Å². The summed E-state index contributed by atoms with van der Waals surface area (Å²) in [6, 6.07) is 0.619. The quantitative estimate of drug-likeness (QED) is 0.670. The first-order chi connectivity index (χ1) is 9.90. The Hall–Kier alpha value is -1.07. The minimum Gasteiger partial charge on any atom is -0.382 e. The van der Waals surface area contributed by atoms with Crippen LogP contribution in [0.4, 0.5) is 5.95 Å². The zero-order valence-corrected chi connectivity index (χ0v) is 12.5. The van der Waals surface area contributed by atoms with Gasteiger partial charge in [-0.2, -0.15) is 0 Å². The van der Waals surface area contributed by atoms with E-state index in [2.05, 4.69) is 21.1 Å². The van der Waals surface area contributed by atoms with Crippen LogP contribution in [-0.2, 0) is 16.0 Å². The van der Waals surface area contributed by atoms with Gasteiger partial charge in [0.05, 0.1) is 13.2 Å². The van der Waals surface area contributed by atoms with Crippen LogP contribution in [0.5, 0.6) is 0 Å². The summed E-state index contributed by atoms with van der Waals surface area (Å²) in [6.07, 6.45) is 11.4. The van der Waals surface area contributed by atoms with Gasteiger partial charge in [-0.05, 0) is 25.7 Å². The molecule has 1 fully saturated rings. The smallest absolute Gasteiger partial charge is 0.202 e. The van der Waals surface area contributed by atoms with Crippen LogP contribution in [0.15, 0.2) is 12.4 Å². The van der Waals surface area contributed by atoms with E-state index in [0.29, 0.717) is 19.3 Å². The Labute approximate surface area is 121 Å². The maximum absolute atomic E-state index is 5.47. The topological polar surface area (TPSA) is 48.3 Å². The fourth-order valence-corrected chi connectivity index (χ4v) is 2.61. The number of nitrogens with zero attached hydrogens (tertiary/aromatic N) is 2. The molecule has 0 aromatic carbocycles. The van der Waals surface area contributed by atoms with Gasteiger partial charge in [-0.25, -0.2) is 4.98 Å². The van der Waals surface area contributed by atoms with Gasteiger partial charge >= 0.3 is 0 Å². The lowest BCUT2D eigenvalue weighted by molar-refractivity contribution is 0.0684. The van der Waals surface area contributed by atoms with Gasteiger partial charge in [0.25, 0.3) is 0 Å². The number of methoxy groups -OCH3 is 1. The zero-order valence-electron chi connectivity index (χ0n) is 12.5. The van der Waals surface area contributed by atoms with Crippen LogP contribution in [0.1, 0.15) is 38.5 Å². The maximum atomic E-state index is 5.47. The predicted molar refractivity (Wildman–Crippen MR) is 80.0 cm³/mol. The van der Waals surface area contributed by atoms with Gasteiger partial charge in [0.1, 0.15) is 0 Å². The van der Waals surface area contributed by atoms with Crippen molar-refractivity contribution < 1.29 is 9.47 Å². The summed E-state index contributed by atoms with van der Waals surface area (Å²) < 4.78 is 12.6.